The number of thiazole rings is 1. The van der Waals surface area contributed by atoms with Gasteiger partial charge in [0.1, 0.15) is 0 Å². The van der Waals surface area contributed by atoms with Crippen LogP contribution in [0.2, 0.25) is 0 Å². The van der Waals surface area contributed by atoms with Crippen LogP contribution >= 0.6 is 34.4 Å². The SMILES string of the molecule is CC(=O)N(c1nnc(SCc2csc(-c3ccco3)n2)s1)C1CC1. The van der Waals surface area contributed by atoms with Crippen LogP contribution in [0.15, 0.2) is 32.5 Å². The molecule has 1 aliphatic carbocycles. The second-order valence-corrected chi connectivity index (χ2v) is 8.42. The smallest absolute Gasteiger partial charge is 0.225 e. The minimum atomic E-state index is 0.0350. The van der Waals surface area contributed by atoms with Crippen LogP contribution in [-0.4, -0.2) is 27.1 Å². The highest BCUT2D eigenvalue weighted by Crippen LogP contribution is 2.36. The number of amides is 1. The fraction of sp³-hybridized carbons (Fsp3) is 0.333. The molecule has 6 nitrogen and oxygen atoms in total. The number of aromatic nitrogens is 3. The molecule has 3 heterocycles. The number of rotatable bonds is 6. The maximum Gasteiger partial charge on any atom is 0.225 e. The first kappa shape index (κ1) is 15.8. The average Bonchev–Trinajstić information content (AvgIpc) is 3.02. The summed E-state index contributed by atoms with van der Waals surface area (Å²) in [5.41, 5.74) is 0.985. The Hall–Kier alpha value is -1.71. The molecule has 1 fully saturated rings. The highest BCUT2D eigenvalue weighted by atomic mass is 32.2. The molecule has 0 aromatic carbocycles. The van der Waals surface area contributed by atoms with Gasteiger partial charge >= 0.3 is 0 Å². The summed E-state index contributed by atoms with van der Waals surface area (Å²) in [6.07, 6.45) is 3.75. The van der Waals surface area contributed by atoms with E-state index in [4.69, 9.17) is 4.42 Å². The molecular formula is C15H14N4O2S3. The van der Waals surface area contributed by atoms with Gasteiger partial charge in [-0.25, -0.2) is 4.98 Å². The number of hydrogen-bond donors (Lipinski definition) is 0. The lowest BCUT2D eigenvalue weighted by atomic mass is 10.5. The number of furan rings is 1. The van der Waals surface area contributed by atoms with Gasteiger partial charge in [0.15, 0.2) is 15.1 Å². The molecular weight excluding hydrogens is 364 g/mol. The van der Waals surface area contributed by atoms with E-state index in [1.54, 1.807) is 41.2 Å². The van der Waals surface area contributed by atoms with Gasteiger partial charge in [-0.15, -0.1) is 21.5 Å². The summed E-state index contributed by atoms with van der Waals surface area (Å²) >= 11 is 4.62. The number of thioether (sulfide) groups is 1. The van der Waals surface area contributed by atoms with E-state index in [0.29, 0.717) is 11.2 Å². The predicted octanol–water partition coefficient (Wildman–Crippen LogP) is 4.06. The van der Waals surface area contributed by atoms with Gasteiger partial charge in [0.05, 0.1) is 12.0 Å². The fourth-order valence-corrected chi connectivity index (χ4v) is 5.00. The zero-order valence-electron chi connectivity index (χ0n) is 12.8. The Kier molecular flexibility index (Phi) is 4.38. The van der Waals surface area contributed by atoms with Crippen molar-refractivity contribution in [1.82, 2.24) is 15.2 Å². The molecule has 0 radical (unpaired) electrons. The summed E-state index contributed by atoms with van der Waals surface area (Å²) in [6.45, 7) is 1.58. The third-order valence-corrected chi connectivity index (χ3v) is 6.48. The Morgan fingerprint density at radius 2 is 2.33 bits per heavy atom. The fourth-order valence-electron chi connectivity index (χ4n) is 2.26. The van der Waals surface area contributed by atoms with Crippen molar-refractivity contribution in [2.24, 2.45) is 0 Å². The number of carbonyl (C=O) groups excluding carboxylic acids is 1. The molecule has 1 amide bonds. The maximum atomic E-state index is 11.8. The van der Waals surface area contributed by atoms with Crippen LogP contribution in [0.1, 0.15) is 25.5 Å². The van der Waals surface area contributed by atoms with E-state index < -0.39 is 0 Å². The maximum absolute atomic E-state index is 11.8. The molecule has 0 aliphatic heterocycles. The van der Waals surface area contributed by atoms with E-state index in [2.05, 4.69) is 15.2 Å². The van der Waals surface area contributed by atoms with Gasteiger partial charge in [-0.3, -0.25) is 9.69 Å². The summed E-state index contributed by atoms with van der Waals surface area (Å²) in [5.74, 6) is 1.54. The number of carbonyl (C=O) groups is 1. The molecule has 0 atom stereocenters. The van der Waals surface area contributed by atoms with Crippen molar-refractivity contribution in [3.8, 4) is 10.8 Å². The molecule has 4 rings (SSSR count). The lowest BCUT2D eigenvalue weighted by Gasteiger charge is -2.15. The van der Waals surface area contributed by atoms with Gasteiger partial charge in [-0.05, 0) is 25.0 Å². The van der Waals surface area contributed by atoms with Crippen molar-refractivity contribution >= 4 is 45.5 Å². The van der Waals surface area contributed by atoms with Crippen LogP contribution in [0.4, 0.5) is 5.13 Å². The van der Waals surface area contributed by atoms with Gasteiger partial charge in [0.2, 0.25) is 11.0 Å². The lowest BCUT2D eigenvalue weighted by molar-refractivity contribution is -0.116. The van der Waals surface area contributed by atoms with E-state index in [-0.39, 0.29) is 5.91 Å². The Morgan fingerprint density at radius 3 is 3.04 bits per heavy atom. The molecule has 3 aromatic heterocycles. The topological polar surface area (TPSA) is 72.1 Å². The Labute approximate surface area is 150 Å². The van der Waals surface area contributed by atoms with Crippen LogP contribution in [0, 0.1) is 0 Å². The summed E-state index contributed by atoms with van der Waals surface area (Å²) in [6, 6.07) is 4.07. The van der Waals surface area contributed by atoms with E-state index in [0.717, 1.165) is 39.4 Å². The number of hydrogen-bond acceptors (Lipinski definition) is 8. The molecule has 0 bridgehead atoms. The van der Waals surface area contributed by atoms with Crippen molar-refractivity contribution in [1.29, 1.82) is 0 Å². The predicted molar refractivity (Wildman–Crippen MR) is 95.5 cm³/mol. The molecule has 1 saturated carbocycles. The summed E-state index contributed by atoms with van der Waals surface area (Å²) in [4.78, 5) is 18.1. The average molecular weight is 379 g/mol. The minimum absolute atomic E-state index is 0.0350. The summed E-state index contributed by atoms with van der Waals surface area (Å²) in [5, 5.41) is 12.0. The van der Waals surface area contributed by atoms with E-state index in [9.17, 15) is 4.79 Å². The molecule has 9 heteroatoms. The zero-order valence-corrected chi connectivity index (χ0v) is 15.3. The van der Waals surface area contributed by atoms with Gasteiger partial charge < -0.3 is 4.42 Å². The number of nitrogens with zero attached hydrogens (tertiary/aromatic N) is 4. The van der Waals surface area contributed by atoms with Crippen LogP contribution < -0.4 is 4.90 Å². The summed E-state index contributed by atoms with van der Waals surface area (Å²) in [7, 11) is 0. The van der Waals surface area contributed by atoms with Crippen molar-refractivity contribution < 1.29 is 9.21 Å². The van der Waals surface area contributed by atoms with E-state index >= 15 is 0 Å². The Morgan fingerprint density at radius 1 is 1.46 bits per heavy atom. The van der Waals surface area contributed by atoms with E-state index in [1.807, 2.05) is 17.5 Å². The molecule has 0 saturated heterocycles. The van der Waals surface area contributed by atoms with Crippen molar-refractivity contribution in [2.45, 2.75) is 35.9 Å². The van der Waals surface area contributed by atoms with E-state index in [1.165, 1.54) is 11.3 Å². The molecule has 24 heavy (non-hydrogen) atoms. The van der Waals surface area contributed by atoms with Gasteiger partial charge in [0.25, 0.3) is 0 Å². The first-order chi connectivity index (χ1) is 11.7. The largest absolute Gasteiger partial charge is 0.462 e. The first-order valence-electron chi connectivity index (χ1n) is 7.45. The molecule has 0 spiro atoms. The van der Waals surface area contributed by atoms with Gasteiger partial charge in [-0.2, -0.15) is 0 Å². The van der Waals surface area contributed by atoms with Crippen LogP contribution in [0.5, 0.6) is 0 Å². The van der Waals surface area contributed by atoms with Crippen molar-refractivity contribution in [3.05, 3.63) is 29.5 Å². The van der Waals surface area contributed by atoms with Crippen LogP contribution in [0.3, 0.4) is 0 Å². The second-order valence-electron chi connectivity index (χ2n) is 5.38. The second kappa shape index (κ2) is 6.66. The minimum Gasteiger partial charge on any atom is -0.462 e. The molecule has 0 unspecified atom stereocenters. The first-order valence-corrected chi connectivity index (χ1v) is 10.1. The standard InChI is InChI=1S/C15H14N4O2S3/c1-9(20)19(11-4-5-11)14-17-18-15(24-14)23-8-10-7-22-13(16-10)12-3-2-6-21-12/h2-3,6-7,11H,4-5,8H2,1H3. The molecule has 1 aliphatic rings. The zero-order chi connectivity index (χ0) is 16.5. The Balaban J connectivity index is 1.40. The number of anilines is 1. The third-order valence-electron chi connectivity index (χ3n) is 3.48. The van der Waals surface area contributed by atoms with Crippen molar-refractivity contribution in [2.75, 3.05) is 4.90 Å². The molecule has 3 aromatic rings. The third kappa shape index (κ3) is 3.38. The van der Waals surface area contributed by atoms with Gasteiger partial charge in [0, 0.05) is 24.1 Å². The van der Waals surface area contributed by atoms with Crippen molar-refractivity contribution in [3.63, 3.8) is 0 Å². The van der Waals surface area contributed by atoms with Gasteiger partial charge in [-0.1, -0.05) is 23.1 Å². The monoisotopic (exact) mass is 378 g/mol. The quantitative estimate of drug-likeness (QED) is 0.476. The normalized spacial score (nSPS) is 14.0. The molecule has 0 N–H and O–H groups in total. The lowest BCUT2D eigenvalue weighted by Crippen LogP contribution is -2.30. The van der Waals surface area contributed by atoms with Crippen LogP contribution in [-0.2, 0) is 10.5 Å². The highest BCUT2D eigenvalue weighted by Gasteiger charge is 2.34. The highest BCUT2D eigenvalue weighted by molar-refractivity contribution is 8.00. The Bertz CT molecular complexity index is 839. The summed E-state index contributed by atoms with van der Waals surface area (Å²) < 4.78 is 6.21. The van der Waals surface area contributed by atoms with Crippen LogP contribution in [0.25, 0.3) is 10.8 Å². The molecule has 124 valence electrons.